The zero-order chi connectivity index (χ0) is 18.2. The van der Waals surface area contributed by atoms with E-state index in [1.54, 1.807) is 0 Å². The van der Waals surface area contributed by atoms with Crippen LogP contribution in [0.5, 0.6) is 0 Å². The number of nitrogens with one attached hydrogen (secondary N) is 1. The summed E-state index contributed by atoms with van der Waals surface area (Å²) in [5, 5.41) is 3.10. The van der Waals surface area contributed by atoms with Crippen LogP contribution in [0.2, 0.25) is 0 Å². The maximum absolute atomic E-state index is 12.4. The maximum Gasteiger partial charge on any atom is 0.251 e. The zero-order valence-corrected chi connectivity index (χ0v) is 15.3. The number of rotatable bonds is 8. The van der Waals surface area contributed by atoms with Gasteiger partial charge in [0.05, 0.1) is 6.54 Å². The molecule has 1 saturated heterocycles. The van der Waals surface area contributed by atoms with Gasteiger partial charge in [0.2, 0.25) is 5.91 Å². The molecule has 2 rings (SSSR count). The number of anilines is 1. The van der Waals surface area contributed by atoms with Gasteiger partial charge < -0.3 is 16.0 Å². The van der Waals surface area contributed by atoms with E-state index in [0.29, 0.717) is 12.1 Å². The summed E-state index contributed by atoms with van der Waals surface area (Å²) in [4.78, 5) is 27.7. The van der Waals surface area contributed by atoms with Gasteiger partial charge in [-0.05, 0) is 50.5 Å². The van der Waals surface area contributed by atoms with Crippen LogP contribution in [0.1, 0.15) is 43.5 Å². The lowest BCUT2D eigenvalue weighted by molar-refractivity contribution is -0.119. The van der Waals surface area contributed by atoms with Crippen molar-refractivity contribution in [2.75, 3.05) is 37.6 Å². The first-order valence-electron chi connectivity index (χ1n) is 9.20. The summed E-state index contributed by atoms with van der Waals surface area (Å²) >= 11 is 0. The van der Waals surface area contributed by atoms with Crippen molar-refractivity contribution >= 4 is 17.5 Å². The van der Waals surface area contributed by atoms with Crippen LogP contribution in [-0.4, -0.2) is 55.5 Å². The van der Waals surface area contributed by atoms with Gasteiger partial charge in [-0.2, -0.15) is 0 Å². The first-order valence-corrected chi connectivity index (χ1v) is 9.20. The van der Waals surface area contributed by atoms with Crippen molar-refractivity contribution in [3.8, 4) is 0 Å². The number of hydrogen-bond acceptors (Lipinski definition) is 4. The zero-order valence-electron chi connectivity index (χ0n) is 15.3. The fourth-order valence-corrected chi connectivity index (χ4v) is 3.29. The molecule has 0 aliphatic carbocycles. The van der Waals surface area contributed by atoms with E-state index in [2.05, 4.69) is 24.1 Å². The highest BCUT2D eigenvalue weighted by Crippen LogP contribution is 2.16. The molecule has 1 aliphatic rings. The highest BCUT2D eigenvalue weighted by atomic mass is 16.2. The Kier molecular flexibility index (Phi) is 7.25. The number of nitrogens with two attached hydrogens (primary N) is 1. The van der Waals surface area contributed by atoms with Crippen LogP contribution in [-0.2, 0) is 4.79 Å². The third-order valence-electron chi connectivity index (χ3n) is 4.67. The first kappa shape index (κ1) is 19.2. The van der Waals surface area contributed by atoms with E-state index >= 15 is 0 Å². The fraction of sp³-hybridized carbons (Fsp3) is 0.579. The van der Waals surface area contributed by atoms with Crippen molar-refractivity contribution in [3.63, 3.8) is 0 Å². The Morgan fingerprint density at radius 2 is 1.84 bits per heavy atom. The number of primary amides is 1. The molecule has 2 amide bonds. The van der Waals surface area contributed by atoms with Gasteiger partial charge in [-0.25, -0.2) is 0 Å². The molecule has 6 nitrogen and oxygen atoms in total. The first-order chi connectivity index (χ1) is 12.0. The normalized spacial score (nSPS) is 15.8. The number of hydrogen-bond donors (Lipinski definition) is 2. The van der Waals surface area contributed by atoms with Crippen LogP contribution in [0.4, 0.5) is 5.69 Å². The van der Waals surface area contributed by atoms with Crippen molar-refractivity contribution in [2.24, 2.45) is 5.73 Å². The number of nitrogens with zero attached hydrogens (tertiary/aromatic N) is 2. The highest BCUT2D eigenvalue weighted by molar-refractivity contribution is 5.94. The van der Waals surface area contributed by atoms with Gasteiger partial charge in [0.1, 0.15) is 0 Å². The Bertz CT molecular complexity index is 565. The molecule has 138 valence electrons. The summed E-state index contributed by atoms with van der Waals surface area (Å²) in [5.41, 5.74) is 7.07. The molecule has 0 unspecified atom stereocenters. The number of piperidine rings is 1. The second-order valence-corrected chi connectivity index (χ2v) is 6.62. The summed E-state index contributed by atoms with van der Waals surface area (Å²) in [6.45, 7) is 8.16. The van der Waals surface area contributed by atoms with Crippen molar-refractivity contribution in [2.45, 2.75) is 39.2 Å². The van der Waals surface area contributed by atoms with E-state index in [9.17, 15) is 9.59 Å². The lowest BCUT2D eigenvalue weighted by Gasteiger charge is -2.31. The summed E-state index contributed by atoms with van der Waals surface area (Å²) in [6.07, 6.45) is 2.79. The smallest absolute Gasteiger partial charge is 0.251 e. The topological polar surface area (TPSA) is 78.7 Å². The Morgan fingerprint density at radius 3 is 2.36 bits per heavy atom. The third-order valence-corrected chi connectivity index (χ3v) is 4.67. The van der Waals surface area contributed by atoms with E-state index < -0.39 is 0 Å². The lowest BCUT2D eigenvalue weighted by Crippen LogP contribution is -2.46. The number of likely N-dealkylation sites (tertiary alicyclic amines) is 1. The summed E-state index contributed by atoms with van der Waals surface area (Å²) in [6, 6.07) is 7.98. The van der Waals surface area contributed by atoms with Crippen molar-refractivity contribution in [1.82, 2.24) is 10.2 Å². The highest BCUT2D eigenvalue weighted by Gasteiger charge is 2.21. The predicted octanol–water partition coefficient (Wildman–Crippen LogP) is 1.60. The minimum Gasteiger partial charge on any atom is -0.372 e. The van der Waals surface area contributed by atoms with Gasteiger partial charge >= 0.3 is 0 Å². The second-order valence-electron chi connectivity index (χ2n) is 6.62. The van der Waals surface area contributed by atoms with Gasteiger partial charge in [0, 0.05) is 43.5 Å². The van der Waals surface area contributed by atoms with Crippen LogP contribution in [0.3, 0.4) is 0 Å². The molecule has 1 fully saturated rings. The standard InChI is InChI=1S/C19H30N4O2/c1-3-11-23(4-2)17-7-5-15(6-8-17)19(25)21-16-9-12-22(13-10-16)14-18(20)24/h5-8,16H,3-4,9-14H2,1-2H3,(H2,20,24)(H,21,25). The molecule has 1 heterocycles. The maximum atomic E-state index is 12.4. The summed E-state index contributed by atoms with van der Waals surface area (Å²) in [7, 11) is 0. The van der Waals surface area contributed by atoms with Crippen LogP contribution in [0, 0.1) is 0 Å². The molecule has 25 heavy (non-hydrogen) atoms. The molecular formula is C19H30N4O2. The average molecular weight is 346 g/mol. The van der Waals surface area contributed by atoms with Gasteiger partial charge in [-0.3, -0.25) is 14.5 Å². The van der Waals surface area contributed by atoms with Crippen LogP contribution >= 0.6 is 0 Å². The number of benzene rings is 1. The molecule has 1 aromatic carbocycles. The van der Waals surface area contributed by atoms with Crippen LogP contribution in [0.15, 0.2) is 24.3 Å². The summed E-state index contributed by atoms with van der Waals surface area (Å²) in [5.74, 6) is -0.329. The molecule has 0 saturated carbocycles. The summed E-state index contributed by atoms with van der Waals surface area (Å²) < 4.78 is 0. The van der Waals surface area contributed by atoms with E-state index in [1.165, 1.54) is 0 Å². The predicted molar refractivity (Wildman–Crippen MR) is 101 cm³/mol. The molecule has 0 aromatic heterocycles. The van der Waals surface area contributed by atoms with E-state index in [4.69, 9.17) is 5.73 Å². The molecular weight excluding hydrogens is 316 g/mol. The molecule has 3 N–H and O–H groups in total. The minimum absolute atomic E-state index is 0.0292. The Morgan fingerprint density at radius 1 is 1.20 bits per heavy atom. The quantitative estimate of drug-likeness (QED) is 0.749. The molecule has 0 radical (unpaired) electrons. The van der Waals surface area contributed by atoms with Crippen LogP contribution in [0.25, 0.3) is 0 Å². The lowest BCUT2D eigenvalue weighted by atomic mass is 10.0. The minimum atomic E-state index is -0.299. The Labute approximate surface area is 150 Å². The molecule has 0 bridgehead atoms. The van der Waals surface area contributed by atoms with Gasteiger partial charge in [-0.1, -0.05) is 6.92 Å². The number of carbonyl (C=O) groups is 2. The monoisotopic (exact) mass is 346 g/mol. The molecule has 1 aliphatic heterocycles. The van der Waals surface area contributed by atoms with Gasteiger partial charge in [-0.15, -0.1) is 0 Å². The molecule has 6 heteroatoms. The van der Waals surface area contributed by atoms with Crippen molar-refractivity contribution in [3.05, 3.63) is 29.8 Å². The van der Waals surface area contributed by atoms with E-state index in [-0.39, 0.29) is 17.9 Å². The third kappa shape index (κ3) is 5.74. The SMILES string of the molecule is CCCN(CC)c1ccc(C(=O)NC2CCN(CC(N)=O)CC2)cc1. The molecule has 0 atom stereocenters. The fourth-order valence-electron chi connectivity index (χ4n) is 3.29. The second kappa shape index (κ2) is 9.42. The largest absolute Gasteiger partial charge is 0.372 e. The average Bonchev–Trinajstić information content (AvgIpc) is 2.61. The van der Waals surface area contributed by atoms with Crippen molar-refractivity contribution in [1.29, 1.82) is 0 Å². The number of amides is 2. The van der Waals surface area contributed by atoms with Gasteiger partial charge in [0.15, 0.2) is 0 Å². The van der Waals surface area contributed by atoms with Crippen LogP contribution < -0.4 is 16.0 Å². The van der Waals surface area contributed by atoms with Gasteiger partial charge in [0.25, 0.3) is 5.91 Å². The Hall–Kier alpha value is -2.08. The van der Waals surface area contributed by atoms with Crippen molar-refractivity contribution < 1.29 is 9.59 Å². The molecule has 0 spiro atoms. The van der Waals surface area contributed by atoms with E-state index in [0.717, 1.165) is 51.1 Å². The Balaban J connectivity index is 1.86. The number of carbonyl (C=O) groups excluding carboxylic acids is 2. The molecule has 1 aromatic rings. The van der Waals surface area contributed by atoms with E-state index in [1.807, 2.05) is 29.2 Å².